The second-order valence-corrected chi connectivity index (χ2v) is 8.36. The van der Waals surface area contributed by atoms with Crippen molar-refractivity contribution in [2.75, 3.05) is 31.6 Å². The normalized spacial score (nSPS) is 14.3. The minimum Gasteiger partial charge on any atom is -0.449 e. The highest BCUT2D eigenvalue weighted by Crippen LogP contribution is 2.33. The Bertz CT molecular complexity index is 1050. The molecule has 0 aliphatic carbocycles. The van der Waals surface area contributed by atoms with Crippen LogP contribution in [0.2, 0.25) is 0 Å². The number of furan rings is 1. The van der Waals surface area contributed by atoms with Gasteiger partial charge < -0.3 is 19.4 Å². The van der Waals surface area contributed by atoms with Crippen molar-refractivity contribution in [1.29, 1.82) is 0 Å². The molecule has 152 valence electrons. The molecule has 1 fully saturated rings. The van der Waals surface area contributed by atoms with E-state index in [1.54, 1.807) is 11.0 Å². The summed E-state index contributed by atoms with van der Waals surface area (Å²) in [6.45, 7) is 6.18. The highest BCUT2D eigenvalue weighted by molar-refractivity contribution is 7.14. The van der Waals surface area contributed by atoms with Crippen molar-refractivity contribution in [3.05, 3.63) is 51.4 Å². The number of nitrogens with one attached hydrogen (secondary N) is 1. The zero-order valence-electron chi connectivity index (χ0n) is 16.6. The molecule has 29 heavy (non-hydrogen) atoms. The van der Waals surface area contributed by atoms with Crippen molar-refractivity contribution in [1.82, 2.24) is 4.90 Å². The van der Waals surface area contributed by atoms with Gasteiger partial charge in [-0.15, -0.1) is 11.3 Å². The van der Waals surface area contributed by atoms with E-state index in [-0.39, 0.29) is 17.6 Å². The Hall–Kier alpha value is -2.64. The predicted octanol–water partition coefficient (Wildman–Crippen LogP) is 4.48. The number of ether oxygens (including phenoxy) is 1. The number of carbonyl (C=O) groups excluding carboxylic acids is 2. The smallest absolute Gasteiger partial charge is 0.291 e. The molecule has 7 heteroatoms. The predicted molar refractivity (Wildman–Crippen MR) is 114 cm³/mol. The van der Waals surface area contributed by atoms with E-state index in [9.17, 15) is 9.59 Å². The minimum absolute atomic E-state index is 0.170. The number of thiophene rings is 1. The summed E-state index contributed by atoms with van der Waals surface area (Å²) in [7, 11) is 0. The Morgan fingerprint density at radius 3 is 2.72 bits per heavy atom. The van der Waals surface area contributed by atoms with E-state index in [2.05, 4.69) is 12.2 Å². The van der Waals surface area contributed by atoms with E-state index in [1.807, 2.05) is 31.2 Å². The third-order valence-corrected chi connectivity index (χ3v) is 6.18. The maximum absolute atomic E-state index is 13.1. The average Bonchev–Trinajstić information content (AvgIpc) is 3.29. The van der Waals surface area contributed by atoms with Gasteiger partial charge in [0.1, 0.15) is 11.3 Å². The molecule has 0 atom stereocenters. The molecule has 0 bridgehead atoms. The molecule has 1 aliphatic rings. The Kier molecular flexibility index (Phi) is 5.69. The van der Waals surface area contributed by atoms with Gasteiger partial charge in [0, 0.05) is 23.4 Å². The zero-order valence-corrected chi connectivity index (χ0v) is 17.4. The summed E-state index contributed by atoms with van der Waals surface area (Å²) in [5.74, 6) is -0.277. The second kappa shape index (κ2) is 8.39. The lowest BCUT2D eigenvalue weighted by Crippen LogP contribution is -2.40. The van der Waals surface area contributed by atoms with Gasteiger partial charge in [-0.05, 0) is 37.1 Å². The van der Waals surface area contributed by atoms with Gasteiger partial charge in [0.15, 0.2) is 0 Å². The van der Waals surface area contributed by atoms with Crippen LogP contribution in [0.15, 0.2) is 34.7 Å². The molecule has 0 radical (unpaired) electrons. The van der Waals surface area contributed by atoms with Crippen LogP contribution in [0.25, 0.3) is 11.0 Å². The summed E-state index contributed by atoms with van der Waals surface area (Å²) >= 11 is 1.48. The van der Waals surface area contributed by atoms with Gasteiger partial charge >= 0.3 is 0 Å². The topological polar surface area (TPSA) is 71.8 Å². The van der Waals surface area contributed by atoms with Crippen LogP contribution in [0, 0.1) is 6.92 Å². The number of hydrogen-bond acceptors (Lipinski definition) is 5. The van der Waals surface area contributed by atoms with Gasteiger partial charge in [-0.1, -0.05) is 25.5 Å². The standard InChI is InChI=1S/C22H24N2O4S/c1-3-6-15-13-18(29-14(15)2)21(25)23-19-16-7-4-5-8-17(16)28-20(19)22(26)24-9-11-27-12-10-24/h4-5,7-8,13H,3,6,9-12H2,1-2H3,(H,23,25). The molecule has 0 spiro atoms. The lowest BCUT2D eigenvalue weighted by Gasteiger charge is -2.26. The van der Waals surface area contributed by atoms with Crippen molar-refractivity contribution in [2.45, 2.75) is 26.7 Å². The summed E-state index contributed by atoms with van der Waals surface area (Å²) in [6, 6.07) is 9.32. The number of rotatable bonds is 5. The minimum atomic E-state index is -0.228. The monoisotopic (exact) mass is 412 g/mol. The molecule has 6 nitrogen and oxygen atoms in total. The largest absolute Gasteiger partial charge is 0.449 e. The summed E-state index contributed by atoms with van der Waals surface area (Å²) in [6.07, 6.45) is 1.98. The van der Waals surface area contributed by atoms with Gasteiger partial charge in [-0.3, -0.25) is 9.59 Å². The van der Waals surface area contributed by atoms with Crippen molar-refractivity contribution in [3.8, 4) is 0 Å². The highest BCUT2D eigenvalue weighted by Gasteiger charge is 2.28. The van der Waals surface area contributed by atoms with Crippen LogP contribution in [0.1, 0.15) is 44.0 Å². The van der Waals surface area contributed by atoms with Crippen LogP contribution < -0.4 is 5.32 Å². The molecule has 0 unspecified atom stereocenters. The van der Waals surface area contributed by atoms with E-state index in [1.165, 1.54) is 16.9 Å². The van der Waals surface area contributed by atoms with E-state index in [0.717, 1.165) is 23.1 Å². The van der Waals surface area contributed by atoms with Crippen LogP contribution in [0.4, 0.5) is 5.69 Å². The first kappa shape index (κ1) is 19.7. The summed E-state index contributed by atoms with van der Waals surface area (Å²) in [4.78, 5) is 29.6. The SMILES string of the molecule is CCCc1cc(C(=O)Nc2c(C(=O)N3CCOCC3)oc3ccccc23)sc1C. The van der Waals surface area contributed by atoms with E-state index in [4.69, 9.17) is 9.15 Å². The number of amides is 2. The molecule has 3 aromatic rings. The Morgan fingerprint density at radius 1 is 1.21 bits per heavy atom. The van der Waals surface area contributed by atoms with Crippen LogP contribution in [0.3, 0.4) is 0 Å². The van der Waals surface area contributed by atoms with E-state index in [0.29, 0.717) is 42.5 Å². The lowest BCUT2D eigenvalue weighted by molar-refractivity contribution is 0.0285. The average molecular weight is 413 g/mol. The molecule has 1 N–H and O–H groups in total. The van der Waals surface area contributed by atoms with Crippen LogP contribution in [-0.2, 0) is 11.2 Å². The van der Waals surface area contributed by atoms with Gasteiger partial charge in [0.05, 0.1) is 18.1 Å². The van der Waals surface area contributed by atoms with Crippen molar-refractivity contribution >= 4 is 39.8 Å². The van der Waals surface area contributed by atoms with Crippen molar-refractivity contribution in [3.63, 3.8) is 0 Å². The fraction of sp³-hybridized carbons (Fsp3) is 0.364. The molecule has 4 rings (SSSR count). The molecule has 1 aliphatic heterocycles. The molecule has 0 saturated carbocycles. The fourth-order valence-electron chi connectivity index (χ4n) is 3.55. The number of aryl methyl sites for hydroxylation is 2. The molecule has 2 amide bonds. The van der Waals surface area contributed by atoms with E-state index < -0.39 is 0 Å². The summed E-state index contributed by atoms with van der Waals surface area (Å²) < 4.78 is 11.2. The molecule has 1 saturated heterocycles. The third-order valence-electron chi connectivity index (χ3n) is 5.09. The van der Waals surface area contributed by atoms with Crippen molar-refractivity contribution in [2.24, 2.45) is 0 Å². The fourth-order valence-corrected chi connectivity index (χ4v) is 4.52. The number of anilines is 1. The molecule has 2 aromatic heterocycles. The maximum atomic E-state index is 13.1. The van der Waals surface area contributed by atoms with Crippen LogP contribution in [-0.4, -0.2) is 43.0 Å². The quantitative estimate of drug-likeness (QED) is 0.671. The second-order valence-electron chi connectivity index (χ2n) is 7.10. The molecular weight excluding hydrogens is 388 g/mol. The summed E-state index contributed by atoms with van der Waals surface area (Å²) in [5, 5.41) is 3.67. The van der Waals surface area contributed by atoms with Crippen LogP contribution in [0.5, 0.6) is 0 Å². The van der Waals surface area contributed by atoms with Gasteiger partial charge in [-0.25, -0.2) is 0 Å². The third kappa shape index (κ3) is 3.93. The number of morpholine rings is 1. The highest BCUT2D eigenvalue weighted by atomic mass is 32.1. The van der Waals surface area contributed by atoms with E-state index >= 15 is 0 Å². The Balaban J connectivity index is 1.67. The first-order valence-electron chi connectivity index (χ1n) is 9.87. The number of para-hydroxylation sites is 1. The number of benzene rings is 1. The summed E-state index contributed by atoms with van der Waals surface area (Å²) in [5.41, 5.74) is 2.21. The number of fused-ring (bicyclic) bond motifs is 1. The number of nitrogens with zero attached hydrogens (tertiary/aromatic N) is 1. The van der Waals surface area contributed by atoms with Gasteiger partial charge in [0.2, 0.25) is 5.76 Å². The van der Waals surface area contributed by atoms with Crippen molar-refractivity contribution < 1.29 is 18.7 Å². The zero-order chi connectivity index (χ0) is 20.4. The van der Waals surface area contributed by atoms with Gasteiger partial charge in [0.25, 0.3) is 11.8 Å². The number of hydrogen-bond donors (Lipinski definition) is 1. The Labute approximate surface area is 173 Å². The molecule has 1 aromatic carbocycles. The number of carbonyl (C=O) groups is 2. The Morgan fingerprint density at radius 2 is 1.97 bits per heavy atom. The lowest BCUT2D eigenvalue weighted by atomic mass is 10.1. The first-order chi connectivity index (χ1) is 14.1. The maximum Gasteiger partial charge on any atom is 0.291 e. The van der Waals surface area contributed by atoms with Gasteiger partial charge in [-0.2, -0.15) is 0 Å². The molecular formula is C22H24N2O4S. The molecule has 3 heterocycles. The first-order valence-corrected chi connectivity index (χ1v) is 10.7. The van der Waals surface area contributed by atoms with Crippen LogP contribution >= 0.6 is 11.3 Å².